The van der Waals surface area contributed by atoms with Crippen LogP contribution in [0, 0.1) is 0 Å². The van der Waals surface area contributed by atoms with Crippen LogP contribution in [0.5, 0.6) is 5.75 Å². The fraction of sp³-hybridized carbons (Fsp3) is 0.519. The van der Waals surface area contributed by atoms with Crippen molar-refractivity contribution in [1.82, 2.24) is 19.7 Å². The monoisotopic (exact) mass is 494 g/mol. The van der Waals surface area contributed by atoms with Crippen molar-refractivity contribution >= 4 is 17.7 Å². The topological polar surface area (TPSA) is 73.4 Å². The van der Waals surface area contributed by atoms with E-state index in [1.54, 1.807) is 13.4 Å². The van der Waals surface area contributed by atoms with Gasteiger partial charge in [-0.15, -0.1) is 10.2 Å². The normalized spacial score (nSPS) is 17.4. The van der Waals surface area contributed by atoms with Crippen molar-refractivity contribution in [2.24, 2.45) is 0 Å². The first-order valence-corrected chi connectivity index (χ1v) is 13.8. The summed E-state index contributed by atoms with van der Waals surface area (Å²) >= 11 is 1.46. The smallest absolute Gasteiger partial charge is 0.233 e. The second kappa shape index (κ2) is 11.3. The van der Waals surface area contributed by atoms with Gasteiger partial charge in [0.05, 0.1) is 24.8 Å². The molecular weight excluding hydrogens is 460 g/mol. The number of aromatic nitrogens is 3. The maximum absolute atomic E-state index is 13.7. The molecule has 2 saturated carbocycles. The molecule has 35 heavy (non-hydrogen) atoms. The van der Waals surface area contributed by atoms with Crippen LogP contribution in [-0.2, 0) is 4.79 Å². The Morgan fingerprint density at radius 1 is 1.00 bits per heavy atom. The molecule has 2 aliphatic carbocycles. The largest absolute Gasteiger partial charge is 0.497 e. The number of nitrogens with zero attached hydrogens (tertiary/aromatic N) is 4. The van der Waals surface area contributed by atoms with E-state index >= 15 is 0 Å². The van der Waals surface area contributed by atoms with E-state index in [9.17, 15) is 4.79 Å². The van der Waals surface area contributed by atoms with Crippen molar-refractivity contribution in [3.05, 3.63) is 42.7 Å². The van der Waals surface area contributed by atoms with Crippen molar-refractivity contribution in [3.8, 4) is 23.0 Å². The van der Waals surface area contributed by atoms with E-state index in [2.05, 4.69) is 15.1 Å². The highest BCUT2D eigenvalue weighted by molar-refractivity contribution is 7.99. The van der Waals surface area contributed by atoms with Crippen molar-refractivity contribution in [2.75, 3.05) is 12.9 Å². The number of carbonyl (C=O) groups is 1. The van der Waals surface area contributed by atoms with Crippen LogP contribution >= 0.6 is 11.8 Å². The first kappa shape index (κ1) is 24.0. The van der Waals surface area contributed by atoms with Gasteiger partial charge in [0.2, 0.25) is 11.7 Å². The van der Waals surface area contributed by atoms with Crippen LogP contribution in [-0.4, -0.2) is 50.5 Å². The van der Waals surface area contributed by atoms with E-state index in [-0.39, 0.29) is 5.91 Å². The number of furan rings is 1. The van der Waals surface area contributed by atoms with Crippen LogP contribution in [0.15, 0.2) is 52.2 Å². The lowest BCUT2D eigenvalue weighted by molar-refractivity contribution is -0.135. The molecule has 0 radical (unpaired) electrons. The molecule has 0 spiro atoms. The minimum Gasteiger partial charge on any atom is -0.497 e. The van der Waals surface area contributed by atoms with E-state index in [0.29, 0.717) is 34.6 Å². The lowest BCUT2D eigenvalue weighted by Gasteiger charge is -2.41. The van der Waals surface area contributed by atoms with Crippen molar-refractivity contribution in [2.45, 2.75) is 81.4 Å². The highest BCUT2D eigenvalue weighted by Gasteiger charge is 2.32. The summed E-state index contributed by atoms with van der Waals surface area (Å²) in [5.74, 6) is 2.63. The van der Waals surface area contributed by atoms with Gasteiger partial charge in [-0.25, -0.2) is 0 Å². The summed E-state index contributed by atoms with van der Waals surface area (Å²) in [7, 11) is 1.65. The first-order valence-electron chi connectivity index (χ1n) is 12.8. The van der Waals surface area contributed by atoms with E-state index in [1.165, 1.54) is 50.3 Å². The van der Waals surface area contributed by atoms with Crippen LogP contribution in [0.2, 0.25) is 0 Å². The van der Waals surface area contributed by atoms with Crippen molar-refractivity contribution in [3.63, 3.8) is 0 Å². The van der Waals surface area contributed by atoms with E-state index < -0.39 is 0 Å². The predicted octanol–water partition coefficient (Wildman–Crippen LogP) is 6.12. The third-order valence-electron chi connectivity index (χ3n) is 7.25. The van der Waals surface area contributed by atoms with Gasteiger partial charge in [0.1, 0.15) is 5.75 Å². The average molecular weight is 495 g/mol. The molecule has 7 nitrogen and oxygen atoms in total. The van der Waals surface area contributed by atoms with Gasteiger partial charge in [-0.3, -0.25) is 9.36 Å². The Balaban J connectivity index is 1.39. The Kier molecular flexibility index (Phi) is 7.76. The number of methoxy groups -OCH3 is 1. The average Bonchev–Trinajstić information content (AvgIpc) is 3.59. The Morgan fingerprint density at radius 3 is 2.23 bits per heavy atom. The number of benzene rings is 1. The van der Waals surface area contributed by atoms with Crippen LogP contribution in [0.25, 0.3) is 17.3 Å². The minimum absolute atomic E-state index is 0.234. The summed E-state index contributed by atoms with van der Waals surface area (Å²) in [5.41, 5.74) is 0.897. The fourth-order valence-electron chi connectivity index (χ4n) is 5.52. The third kappa shape index (κ3) is 5.42. The molecule has 0 N–H and O–H groups in total. The number of carbonyl (C=O) groups excluding carboxylic acids is 1. The molecule has 3 aromatic rings. The molecule has 1 amide bonds. The maximum atomic E-state index is 13.7. The van der Waals surface area contributed by atoms with Gasteiger partial charge in [-0.1, -0.05) is 50.3 Å². The zero-order chi connectivity index (χ0) is 24.0. The molecule has 2 fully saturated rings. The Labute approximate surface area is 211 Å². The van der Waals surface area contributed by atoms with Crippen LogP contribution in [0.1, 0.15) is 64.2 Å². The predicted molar refractivity (Wildman–Crippen MR) is 137 cm³/mol. The molecule has 186 valence electrons. The highest BCUT2D eigenvalue weighted by atomic mass is 32.2. The Hall–Kier alpha value is -2.74. The Bertz CT molecular complexity index is 1070. The van der Waals surface area contributed by atoms with Gasteiger partial charge >= 0.3 is 0 Å². The van der Waals surface area contributed by atoms with Crippen LogP contribution in [0.3, 0.4) is 0 Å². The van der Waals surface area contributed by atoms with Crippen LogP contribution in [0.4, 0.5) is 0 Å². The molecule has 2 aliphatic rings. The standard InChI is InChI=1S/C27H34N4O3S/c1-33-23-16-14-22(15-17-23)31-26(24-13-8-18-34-24)28-29-27(31)35-19-25(32)30(20-9-4-2-5-10-20)21-11-6-3-7-12-21/h8,13-18,20-21H,2-7,9-12,19H2,1H3. The lowest BCUT2D eigenvalue weighted by Crippen LogP contribution is -2.49. The summed E-state index contributed by atoms with van der Waals surface area (Å²) in [6.07, 6.45) is 13.7. The van der Waals surface area contributed by atoms with Gasteiger partial charge < -0.3 is 14.1 Å². The zero-order valence-electron chi connectivity index (χ0n) is 20.4. The SMILES string of the molecule is COc1ccc(-n2c(SCC(=O)N(C3CCCCC3)C3CCCCC3)nnc2-c2ccco2)cc1. The molecule has 0 atom stereocenters. The molecule has 2 heterocycles. The lowest BCUT2D eigenvalue weighted by atomic mass is 9.88. The van der Waals surface area contributed by atoms with Crippen molar-refractivity contribution in [1.29, 1.82) is 0 Å². The number of hydrogen-bond donors (Lipinski definition) is 0. The van der Waals surface area contributed by atoms with E-state index in [4.69, 9.17) is 9.15 Å². The maximum Gasteiger partial charge on any atom is 0.233 e. The summed E-state index contributed by atoms with van der Waals surface area (Å²) in [6.45, 7) is 0. The number of thioether (sulfide) groups is 1. The number of hydrogen-bond acceptors (Lipinski definition) is 6. The van der Waals surface area contributed by atoms with Gasteiger partial charge in [-0.05, 0) is 62.1 Å². The molecule has 5 rings (SSSR count). The first-order chi connectivity index (χ1) is 17.2. The fourth-order valence-corrected chi connectivity index (χ4v) is 6.34. The third-order valence-corrected chi connectivity index (χ3v) is 8.17. The van der Waals surface area contributed by atoms with Gasteiger partial charge in [0.25, 0.3) is 0 Å². The molecular formula is C27H34N4O3S. The minimum atomic E-state index is 0.234. The molecule has 8 heteroatoms. The van der Waals surface area contributed by atoms with Crippen molar-refractivity contribution < 1.29 is 13.9 Å². The summed E-state index contributed by atoms with van der Waals surface area (Å²) < 4.78 is 12.9. The molecule has 0 unspecified atom stereocenters. The second-order valence-electron chi connectivity index (χ2n) is 9.49. The van der Waals surface area contributed by atoms with E-state index in [1.807, 2.05) is 41.0 Å². The van der Waals surface area contributed by atoms with Gasteiger partial charge in [-0.2, -0.15) is 0 Å². The number of ether oxygens (including phenoxy) is 1. The molecule has 0 aliphatic heterocycles. The van der Waals surface area contributed by atoms with E-state index in [0.717, 1.165) is 37.1 Å². The summed E-state index contributed by atoms with van der Waals surface area (Å²) in [6, 6.07) is 12.2. The van der Waals surface area contributed by atoms with Gasteiger partial charge in [0.15, 0.2) is 10.9 Å². The molecule has 1 aromatic carbocycles. The van der Waals surface area contributed by atoms with Crippen LogP contribution < -0.4 is 4.74 Å². The second-order valence-corrected chi connectivity index (χ2v) is 10.4. The quantitative estimate of drug-likeness (QED) is 0.351. The zero-order valence-corrected chi connectivity index (χ0v) is 21.2. The number of amides is 1. The molecule has 2 aromatic heterocycles. The summed E-state index contributed by atoms with van der Waals surface area (Å²) in [5, 5.41) is 9.57. The number of rotatable bonds is 8. The van der Waals surface area contributed by atoms with Gasteiger partial charge in [0, 0.05) is 12.1 Å². The summed E-state index contributed by atoms with van der Waals surface area (Å²) in [4.78, 5) is 16.0. The molecule has 0 saturated heterocycles. The molecule has 0 bridgehead atoms. The Morgan fingerprint density at radius 2 is 1.66 bits per heavy atom. The highest BCUT2D eigenvalue weighted by Crippen LogP contribution is 2.33.